The van der Waals surface area contributed by atoms with E-state index in [1.807, 2.05) is 24.3 Å². The molecule has 1 aliphatic heterocycles. The summed E-state index contributed by atoms with van der Waals surface area (Å²) in [4.78, 5) is 11.8. The van der Waals surface area contributed by atoms with Crippen LogP contribution < -0.4 is 15.8 Å². The van der Waals surface area contributed by atoms with Crippen molar-refractivity contribution in [3.05, 3.63) is 28.7 Å². The molecular formula is C14H19BrN2O3. The Balaban J connectivity index is 1.65. The molecule has 0 aromatic heterocycles. The number of amides is 1. The van der Waals surface area contributed by atoms with Gasteiger partial charge in [-0.3, -0.25) is 4.79 Å². The predicted molar refractivity (Wildman–Crippen MR) is 79.6 cm³/mol. The third-order valence-electron chi connectivity index (χ3n) is 3.13. The number of rotatable bonds is 6. The largest absolute Gasteiger partial charge is 0.492 e. The van der Waals surface area contributed by atoms with E-state index in [0.717, 1.165) is 23.1 Å². The topological polar surface area (TPSA) is 73.6 Å². The average molecular weight is 343 g/mol. The molecule has 0 bridgehead atoms. The van der Waals surface area contributed by atoms with E-state index in [1.54, 1.807) is 0 Å². The van der Waals surface area contributed by atoms with Gasteiger partial charge < -0.3 is 20.5 Å². The molecule has 1 heterocycles. The number of hydrogen-bond donors (Lipinski definition) is 2. The summed E-state index contributed by atoms with van der Waals surface area (Å²) in [6.07, 6.45) is 1.24. The molecule has 20 heavy (non-hydrogen) atoms. The van der Waals surface area contributed by atoms with Crippen molar-refractivity contribution in [1.29, 1.82) is 0 Å². The fourth-order valence-electron chi connectivity index (χ4n) is 2.09. The highest BCUT2D eigenvalue weighted by Crippen LogP contribution is 2.19. The highest BCUT2D eigenvalue weighted by Gasteiger charge is 2.29. The van der Waals surface area contributed by atoms with Crippen LogP contribution in [0.1, 0.15) is 12.8 Å². The van der Waals surface area contributed by atoms with Crippen LogP contribution in [0.5, 0.6) is 5.75 Å². The van der Waals surface area contributed by atoms with Crippen LogP contribution >= 0.6 is 15.9 Å². The molecule has 1 aliphatic rings. The van der Waals surface area contributed by atoms with Crippen molar-refractivity contribution >= 4 is 21.8 Å². The van der Waals surface area contributed by atoms with Crippen LogP contribution in [0.3, 0.4) is 0 Å². The molecule has 6 heteroatoms. The van der Waals surface area contributed by atoms with E-state index in [1.165, 1.54) is 0 Å². The van der Waals surface area contributed by atoms with Gasteiger partial charge in [0.25, 0.3) is 0 Å². The number of nitrogens with one attached hydrogen (secondary N) is 1. The number of carbonyl (C=O) groups excluding carboxylic acids is 1. The zero-order chi connectivity index (χ0) is 14.4. The fourth-order valence-corrected chi connectivity index (χ4v) is 2.46. The standard InChI is InChI=1S/C14H19BrN2O3/c15-10-2-1-3-11(8-10)19-7-6-17-14(18)13-5-4-12(9-16)20-13/h1-3,8,12-13H,4-7,9,16H2,(H,17,18)/t12-,13+/m1/s1. The molecule has 0 aliphatic carbocycles. The second kappa shape index (κ2) is 7.61. The molecule has 1 saturated heterocycles. The lowest BCUT2D eigenvalue weighted by Gasteiger charge is -2.13. The number of ether oxygens (including phenoxy) is 2. The van der Waals surface area contributed by atoms with Gasteiger partial charge in [-0.2, -0.15) is 0 Å². The van der Waals surface area contributed by atoms with Gasteiger partial charge in [-0.15, -0.1) is 0 Å². The third-order valence-corrected chi connectivity index (χ3v) is 3.62. The average Bonchev–Trinajstić information content (AvgIpc) is 2.92. The molecule has 2 atom stereocenters. The van der Waals surface area contributed by atoms with E-state index < -0.39 is 0 Å². The number of halogens is 1. The Morgan fingerprint density at radius 3 is 3.05 bits per heavy atom. The van der Waals surface area contributed by atoms with Gasteiger partial charge in [0, 0.05) is 11.0 Å². The van der Waals surface area contributed by atoms with Crippen molar-refractivity contribution in [2.45, 2.75) is 25.0 Å². The van der Waals surface area contributed by atoms with E-state index in [-0.39, 0.29) is 18.1 Å². The minimum atomic E-state index is -0.366. The third kappa shape index (κ3) is 4.47. The molecule has 1 amide bonds. The van der Waals surface area contributed by atoms with Crippen molar-refractivity contribution in [2.24, 2.45) is 5.73 Å². The molecule has 1 aromatic rings. The summed E-state index contributed by atoms with van der Waals surface area (Å²) in [6, 6.07) is 7.59. The van der Waals surface area contributed by atoms with Gasteiger partial charge in [-0.25, -0.2) is 0 Å². The van der Waals surface area contributed by atoms with E-state index in [0.29, 0.717) is 19.7 Å². The van der Waals surface area contributed by atoms with Gasteiger partial charge in [0.05, 0.1) is 12.6 Å². The highest BCUT2D eigenvalue weighted by atomic mass is 79.9. The van der Waals surface area contributed by atoms with Crippen molar-refractivity contribution in [2.75, 3.05) is 19.7 Å². The monoisotopic (exact) mass is 342 g/mol. The predicted octanol–water partition coefficient (Wildman–Crippen LogP) is 1.45. The molecule has 1 aromatic carbocycles. The minimum Gasteiger partial charge on any atom is -0.492 e. The minimum absolute atomic E-state index is 0.0173. The molecule has 0 radical (unpaired) electrons. The zero-order valence-corrected chi connectivity index (χ0v) is 12.8. The lowest BCUT2D eigenvalue weighted by molar-refractivity contribution is -0.131. The summed E-state index contributed by atoms with van der Waals surface area (Å²) < 4.78 is 12.0. The van der Waals surface area contributed by atoms with Gasteiger partial charge in [-0.1, -0.05) is 22.0 Å². The first-order valence-electron chi connectivity index (χ1n) is 6.70. The van der Waals surface area contributed by atoms with Crippen molar-refractivity contribution in [3.8, 4) is 5.75 Å². The van der Waals surface area contributed by atoms with Crippen LogP contribution in [0.2, 0.25) is 0 Å². The summed E-state index contributed by atoms with van der Waals surface area (Å²) >= 11 is 3.37. The Morgan fingerprint density at radius 1 is 1.50 bits per heavy atom. The number of nitrogens with two attached hydrogens (primary N) is 1. The maximum Gasteiger partial charge on any atom is 0.249 e. The Hall–Kier alpha value is -1.11. The normalized spacial score (nSPS) is 21.7. The molecule has 2 rings (SSSR count). The molecule has 1 fully saturated rings. The zero-order valence-electron chi connectivity index (χ0n) is 11.2. The summed E-state index contributed by atoms with van der Waals surface area (Å²) in [5.41, 5.74) is 5.51. The van der Waals surface area contributed by atoms with Crippen LogP contribution in [0.4, 0.5) is 0 Å². The van der Waals surface area contributed by atoms with E-state index in [4.69, 9.17) is 15.2 Å². The summed E-state index contributed by atoms with van der Waals surface area (Å²) in [5.74, 6) is 0.688. The number of benzene rings is 1. The van der Waals surface area contributed by atoms with E-state index >= 15 is 0 Å². The molecule has 110 valence electrons. The molecule has 0 saturated carbocycles. The molecule has 5 nitrogen and oxygen atoms in total. The first-order valence-corrected chi connectivity index (χ1v) is 7.50. The van der Waals surface area contributed by atoms with Gasteiger partial charge >= 0.3 is 0 Å². The summed E-state index contributed by atoms with van der Waals surface area (Å²) in [6.45, 7) is 1.35. The van der Waals surface area contributed by atoms with Crippen molar-refractivity contribution in [3.63, 3.8) is 0 Å². The lowest BCUT2D eigenvalue weighted by Crippen LogP contribution is -2.37. The van der Waals surface area contributed by atoms with Gasteiger partial charge in [0.1, 0.15) is 18.5 Å². The van der Waals surface area contributed by atoms with Gasteiger partial charge in [0.2, 0.25) is 5.91 Å². The SMILES string of the molecule is NC[C@H]1CC[C@@H](C(=O)NCCOc2cccc(Br)c2)O1. The summed E-state index contributed by atoms with van der Waals surface area (Å²) in [5, 5.41) is 2.81. The summed E-state index contributed by atoms with van der Waals surface area (Å²) in [7, 11) is 0. The molecule has 3 N–H and O–H groups in total. The van der Waals surface area contributed by atoms with Crippen molar-refractivity contribution in [1.82, 2.24) is 5.32 Å². The number of hydrogen-bond acceptors (Lipinski definition) is 4. The molecule has 0 spiro atoms. The van der Waals surface area contributed by atoms with E-state index in [9.17, 15) is 4.79 Å². The van der Waals surface area contributed by atoms with E-state index in [2.05, 4.69) is 21.2 Å². The fraction of sp³-hybridized carbons (Fsp3) is 0.500. The van der Waals surface area contributed by atoms with Crippen LogP contribution in [0.25, 0.3) is 0 Å². The quantitative estimate of drug-likeness (QED) is 0.767. The molecular weight excluding hydrogens is 324 g/mol. The molecule has 0 unspecified atom stereocenters. The first-order chi connectivity index (χ1) is 9.69. The smallest absolute Gasteiger partial charge is 0.249 e. The maximum atomic E-state index is 11.8. The van der Waals surface area contributed by atoms with Crippen molar-refractivity contribution < 1.29 is 14.3 Å². The second-order valence-corrected chi connectivity index (χ2v) is 5.57. The van der Waals surface area contributed by atoms with Crippen LogP contribution in [0, 0.1) is 0 Å². The Morgan fingerprint density at radius 2 is 2.35 bits per heavy atom. The Labute approximate surface area is 126 Å². The van der Waals surface area contributed by atoms with Gasteiger partial charge in [-0.05, 0) is 31.0 Å². The Kier molecular flexibility index (Phi) is 5.82. The number of carbonyl (C=O) groups is 1. The van der Waals surface area contributed by atoms with Crippen LogP contribution in [0.15, 0.2) is 28.7 Å². The lowest BCUT2D eigenvalue weighted by atomic mass is 10.2. The highest BCUT2D eigenvalue weighted by molar-refractivity contribution is 9.10. The Bertz CT molecular complexity index is 456. The second-order valence-electron chi connectivity index (χ2n) is 4.66. The van der Waals surface area contributed by atoms with Crippen LogP contribution in [-0.4, -0.2) is 37.8 Å². The van der Waals surface area contributed by atoms with Crippen LogP contribution in [-0.2, 0) is 9.53 Å². The maximum absolute atomic E-state index is 11.8. The first kappa shape index (κ1) is 15.3. The van der Waals surface area contributed by atoms with Gasteiger partial charge in [0.15, 0.2) is 0 Å².